The van der Waals surface area contributed by atoms with Gasteiger partial charge < -0.3 is 10.1 Å². The van der Waals surface area contributed by atoms with Gasteiger partial charge in [0, 0.05) is 6.04 Å². The molecule has 2 aliphatic rings. The van der Waals surface area contributed by atoms with Crippen LogP contribution in [0.3, 0.4) is 0 Å². The molecule has 1 heterocycles. The van der Waals surface area contributed by atoms with Crippen LogP contribution in [0, 0.1) is 0 Å². The van der Waals surface area contributed by atoms with Gasteiger partial charge in [0.05, 0.1) is 6.04 Å². The van der Waals surface area contributed by atoms with Crippen LogP contribution in [0.15, 0.2) is 30.3 Å². The predicted octanol–water partition coefficient (Wildman–Crippen LogP) is 2.07. The zero-order chi connectivity index (χ0) is 14.7. The topological polar surface area (TPSA) is 58.6 Å². The third-order valence-corrected chi connectivity index (χ3v) is 4.23. The van der Waals surface area contributed by atoms with E-state index in [1.165, 1.54) is 0 Å². The van der Waals surface area contributed by atoms with Crippen LogP contribution >= 0.6 is 0 Å². The molecule has 1 saturated heterocycles. The van der Waals surface area contributed by atoms with Crippen LogP contribution in [0.2, 0.25) is 0 Å². The summed E-state index contributed by atoms with van der Waals surface area (Å²) in [6.07, 6.45) is 3.70. The molecule has 1 aromatic carbocycles. The fourth-order valence-corrected chi connectivity index (χ4v) is 3.18. The first-order valence-electron chi connectivity index (χ1n) is 7.51. The minimum Gasteiger partial charge on any atom is -0.445 e. The van der Waals surface area contributed by atoms with E-state index in [2.05, 4.69) is 5.32 Å². The van der Waals surface area contributed by atoms with Crippen LogP contribution in [-0.2, 0) is 16.1 Å². The fraction of sp³-hybridized carbons (Fsp3) is 0.500. The Hall–Kier alpha value is -2.04. The summed E-state index contributed by atoms with van der Waals surface area (Å²) in [5, 5.41) is 2.99. The highest BCUT2D eigenvalue weighted by atomic mass is 16.6. The molecule has 1 aliphatic carbocycles. The Morgan fingerprint density at radius 2 is 2.00 bits per heavy atom. The lowest BCUT2D eigenvalue weighted by molar-refractivity contribution is -0.127. The lowest BCUT2D eigenvalue weighted by atomic mass is 9.88. The smallest absolute Gasteiger partial charge is 0.410 e. The van der Waals surface area contributed by atoms with Crippen molar-refractivity contribution in [1.82, 2.24) is 10.2 Å². The maximum atomic E-state index is 12.3. The van der Waals surface area contributed by atoms with Gasteiger partial charge in [0.2, 0.25) is 5.91 Å². The van der Waals surface area contributed by atoms with Crippen molar-refractivity contribution in [1.29, 1.82) is 0 Å². The number of rotatable bonds is 2. The number of benzene rings is 1. The van der Waals surface area contributed by atoms with Gasteiger partial charge in [0.15, 0.2) is 0 Å². The number of piperazine rings is 1. The summed E-state index contributed by atoms with van der Waals surface area (Å²) < 4.78 is 5.37. The highest BCUT2D eigenvalue weighted by Crippen LogP contribution is 2.26. The summed E-state index contributed by atoms with van der Waals surface area (Å²) in [5.41, 5.74) is 0.951. The van der Waals surface area contributed by atoms with Gasteiger partial charge >= 0.3 is 6.09 Å². The summed E-state index contributed by atoms with van der Waals surface area (Å²) >= 11 is 0. The van der Waals surface area contributed by atoms with Crippen LogP contribution in [0.25, 0.3) is 0 Å². The van der Waals surface area contributed by atoms with Gasteiger partial charge in [-0.2, -0.15) is 0 Å². The van der Waals surface area contributed by atoms with Crippen molar-refractivity contribution in [3.8, 4) is 0 Å². The number of hydrogen-bond donors (Lipinski definition) is 1. The normalized spacial score (nSPS) is 25.0. The predicted molar refractivity (Wildman–Crippen MR) is 77.5 cm³/mol. The first-order valence-corrected chi connectivity index (χ1v) is 7.51. The minimum absolute atomic E-state index is 0.0831. The zero-order valence-electron chi connectivity index (χ0n) is 12.0. The SMILES string of the molecule is O=C1CN(C(=O)OCc2ccccc2)[C@@H]2CCCC[C@H]2N1. The third-order valence-electron chi connectivity index (χ3n) is 4.23. The number of nitrogens with zero attached hydrogens (tertiary/aromatic N) is 1. The molecule has 1 aliphatic heterocycles. The average Bonchev–Trinajstić information content (AvgIpc) is 2.52. The van der Waals surface area contributed by atoms with Crippen LogP contribution in [0.5, 0.6) is 0 Å². The summed E-state index contributed by atoms with van der Waals surface area (Å²) in [6, 6.07) is 9.75. The van der Waals surface area contributed by atoms with Gasteiger partial charge in [-0.05, 0) is 18.4 Å². The Balaban J connectivity index is 1.63. The highest BCUT2D eigenvalue weighted by molar-refractivity contribution is 5.84. The molecule has 5 nitrogen and oxygen atoms in total. The molecule has 21 heavy (non-hydrogen) atoms. The molecule has 2 atom stereocenters. The van der Waals surface area contributed by atoms with E-state index in [0.717, 1.165) is 31.2 Å². The van der Waals surface area contributed by atoms with Crippen molar-refractivity contribution in [2.75, 3.05) is 6.54 Å². The standard InChI is InChI=1S/C16H20N2O3/c19-15-10-18(14-9-5-4-8-13(14)17-15)16(20)21-11-12-6-2-1-3-7-12/h1-3,6-7,13-14H,4-5,8-11H2,(H,17,19)/t13-,14-/m1/s1. The third kappa shape index (κ3) is 3.17. The lowest BCUT2D eigenvalue weighted by Gasteiger charge is -2.43. The molecule has 1 aromatic rings. The number of nitrogens with one attached hydrogen (secondary N) is 1. The van der Waals surface area contributed by atoms with Gasteiger partial charge in [0.25, 0.3) is 0 Å². The summed E-state index contributed by atoms with van der Waals surface area (Å²) in [4.78, 5) is 25.6. The van der Waals surface area contributed by atoms with E-state index in [0.29, 0.717) is 0 Å². The van der Waals surface area contributed by atoms with Crippen LogP contribution in [-0.4, -0.2) is 35.5 Å². The van der Waals surface area contributed by atoms with Gasteiger partial charge in [-0.15, -0.1) is 0 Å². The van der Waals surface area contributed by atoms with Crippen molar-refractivity contribution in [2.24, 2.45) is 0 Å². The molecular formula is C16H20N2O3. The van der Waals surface area contributed by atoms with E-state index in [-0.39, 0.29) is 37.2 Å². The molecule has 0 bridgehead atoms. The van der Waals surface area contributed by atoms with Crippen molar-refractivity contribution in [3.05, 3.63) is 35.9 Å². The Morgan fingerprint density at radius 1 is 1.24 bits per heavy atom. The molecule has 2 amide bonds. The monoisotopic (exact) mass is 288 g/mol. The lowest BCUT2D eigenvalue weighted by Crippen LogP contribution is -2.62. The van der Waals surface area contributed by atoms with E-state index >= 15 is 0 Å². The number of fused-ring (bicyclic) bond motifs is 1. The van der Waals surface area contributed by atoms with Crippen molar-refractivity contribution in [3.63, 3.8) is 0 Å². The van der Waals surface area contributed by atoms with Crippen LogP contribution < -0.4 is 5.32 Å². The number of hydrogen-bond acceptors (Lipinski definition) is 3. The molecule has 0 radical (unpaired) electrons. The molecule has 5 heteroatoms. The second kappa shape index (κ2) is 6.16. The average molecular weight is 288 g/mol. The van der Waals surface area contributed by atoms with Crippen LogP contribution in [0.4, 0.5) is 4.79 Å². The molecule has 0 aromatic heterocycles. The fourth-order valence-electron chi connectivity index (χ4n) is 3.18. The Labute approximate surface area is 124 Å². The van der Waals surface area contributed by atoms with Crippen molar-refractivity contribution in [2.45, 2.75) is 44.4 Å². The molecule has 1 N–H and O–H groups in total. The quantitative estimate of drug-likeness (QED) is 0.906. The highest BCUT2D eigenvalue weighted by Gasteiger charge is 2.39. The summed E-state index contributed by atoms with van der Waals surface area (Å²) in [7, 11) is 0. The number of carbonyl (C=O) groups excluding carboxylic acids is 2. The molecular weight excluding hydrogens is 268 g/mol. The maximum Gasteiger partial charge on any atom is 0.410 e. The molecule has 3 rings (SSSR count). The molecule has 112 valence electrons. The first-order chi connectivity index (χ1) is 10.2. The summed E-state index contributed by atoms with van der Waals surface area (Å²) in [5.74, 6) is -0.0881. The second-order valence-electron chi connectivity index (χ2n) is 5.69. The first kappa shape index (κ1) is 13.9. The second-order valence-corrected chi connectivity index (χ2v) is 5.69. The van der Waals surface area contributed by atoms with Gasteiger partial charge in [-0.1, -0.05) is 43.2 Å². The summed E-state index contributed by atoms with van der Waals surface area (Å²) in [6.45, 7) is 0.351. The zero-order valence-corrected chi connectivity index (χ0v) is 12.0. The van der Waals surface area contributed by atoms with E-state index < -0.39 is 0 Å². The van der Waals surface area contributed by atoms with Gasteiger partial charge in [-0.25, -0.2) is 4.79 Å². The molecule has 1 saturated carbocycles. The number of amides is 2. The van der Waals surface area contributed by atoms with E-state index in [1.807, 2.05) is 30.3 Å². The Kier molecular flexibility index (Phi) is 4.08. The van der Waals surface area contributed by atoms with Crippen molar-refractivity contribution >= 4 is 12.0 Å². The number of carbonyl (C=O) groups is 2. The molecule has 2 fully saturated rings. The Morgan fingerprint density at radius 3 is 2.81 bits per heavy atom. The van der Waals surface area contributed by atoms with E-state index in [9.17, 15) is 9.59 Å². The van der Waals surface area contributed by atoms with Crippen molar-refractivity contribution < 1.29 is 14.3 Å². The Bertz CT molecular complexity index is 518. The number of ether oxygens (including phenoxy) is 1. The maximum absolute atomic E-state index is 12.3. The van der Waals surface area contributed by atoms with E-state index in [1.54, 1.807) is 4.90 Å². The van der Waals surface area contributed by atoms with Gasteiger partial charge in [-0.3, -0.25) is 9.69 Å². The van der Waals surface area contributed by atoms with Gasteiger partial charge in [0.1, 0.15) is 13.2 Å². The largest absolute Gasteiger partial charge is 0.445 e. The molecule has 0 unspecified atom stereocenters. The minimum atomic E-state index is -0.384. The molecule has 0 spiro atoms. The van der Waals surface area contributed by atoms with E-state index in [4.69, 9.17) is 4.74 Å². The van der Waals surface area contributed by atoms with Crippen LogP contribution in [0.1, 0.15) is 31.2 Å².